The van der Waals surface area contributed by atoms with E-state index in [1.165, 1.54) is 0 Å². The van der Waals surface area contributed by atoms with Crippen molar-refractivity contribution in [2.75, 3.05) is 14.2 Å². The second-order valence-corrected chi connectivity index (χ2v) is 1.06. The summed E-state index contributed by atoms with van der Waals surface area (Å²) in [4.78, 5) is 3.66. The zero-order valence-electron chi connectivity index (χ0n) is 4.64. The summed E-state index contributed by atoms with van der Waals surface area (Å²) in [5.74, 6) is 0.586. The van der Waals surface area contributed by atoms with E-state index in [-0.39, 0.29) is 0 Å². The number of hydrogen-bond acceptors (Lipinski definition) is 2. The predicted molar refractivity (Wildman–Crippen MR) is 30.6 cm³/mol. The Morgan fingerprint density at radius 3 is 2.57 bits per heavy atom. The molecule has 0 aromatic heterocycles. The summed E-state index contributed by atoms with van der Waals surface area (Å²) in [7, 11) is 3.23. The van der Waals surface area contributed by atoms with Crippen LogP contribution < -0.4 is 0 Å². The van der Waals surface area contributed by atoms with Crippen molar-refractivity contribution < 1.29 is 4.74 Å². The van der Waals surface area contributed by atoms with E-state index in [0.717, 1.165) is 0 Å². The van der Waals surface area contributed by atoms with Crippen molar-refractivity contribution in [3.8, 4) is 0 Å². The molecular weight excluding hydrogens is 90.1 g/mol. The summed E-state index contributed by atoms with van der Waals surface area (Å²) in [5, 5.41) is 0. The molecule has 0 aromatic rings. The van der Waals surface area contributed by atoms with E-state index in [4.69, 9.17) is 0 Å². The van der Waals surface area contributed by atoms with Crippen LogP contribution in [0.5, 0.6) is 0 Å². The number of hydrogen-bond donors (Lipinski definition) is 0. The van der Waals surface area contributed by atoms with Crippen LogP contribution in [-0.4, -0.2) is 20.4 Å². The highest BCUT2D eigenvalue weighted by Crippen LogP contribution is 1.80. The molecule has 0 aliphatic rings. The average molecular weight is 99.1 g/mol. The maximum atomic E-state index is 4.65. The largest absolute Gasteiger partial charge is 0.496 e. The predicted octanol–water partition coefficient (Wildman–Crippen LogP) is 0.847. The molecule has 0 radical (unpaired) electrons. The van der Waals surface area contributed by atoms with Crippen molar-refractivity contribution in [2.24, 2.45) is 4.99 Å². The molecule has 0 aliphatic heterocycles. The lowest BCUT2D eigenvalue weighted by Crippen LogP contribution is -1.82. The Balaban J connectivity index is 3.37. The van der Waals surface area contributed by atoms with E-state index >= 15 is 0 Å². The minimum atomic E-state index is 0.586. The highest BCUT2D eigenvalue weighted by molar-refractivity contribution is 5.74. The fourth-order valence-corrected chi connectivity index (χ4v) is 0.197. The van der Waals surface area contributed by atoms with E-state index in [1.54, 1.807) is 20.4 Å². The van der Waals surface area contributed by atoms with Crippen LogP contribution in [0, 0.1) is 0 Å². The zero-order valence-corrected chi connectivity index (χ0v) is 4.64. The maximum Gasteiger partial charge on any atom is 0.129 e. The Morgan fingerprint density at radius 2 is 2.43 bits per heavy atom. The smallest absolute Gasteiger partial charge is 0.129 e. The fourth-order valence-electron chi connectivity index (χ4n) is 0.197. The number of methoxy groups -OCH3 is 1. The van der Waals surface area contributed by atoms with E-state index in [1.807, 2.05) is 0 Å². The van der Waals surface area contributed by atoms with E-state index in [2.05, 4.69) is 16.3 Å². The summed E-state index contributed by atoms with van der Waals surface area (Å²) in [6.45, 7) is 3.49. The van der Waals surface area contributed by atoms with Crippen LogP contribution in [0.1, 0.15) is 0 Å². The van der Waals surface area contributed by atoms with Gasteiger partial charge in [0.2, 0.25) is 0 Å². The summed E-state index contributed by atoms with van der Waals surface area (Å²) in [6.07, 6.45) is 1.56. The van der Waals surface area contributed by atoms with Gasteiger partial charge in [-0.1, -0.05) is 6.58 Å². The molecule has 2 nitrogen and oxygen atoms in total. The Kier molecular flexibility index (Phi) is 3.02. The summed E-state index contributed by atoms with van der Waals surface area (Å²) in [6, 6.07) is 0. The normalized spacial score (nSPS) is 9.43. The molecule has 0 bridgehead atoms. The number of ether oxygens (including phenoxy) is 1. The van der Waals surface area contributed by atoms with Crippen molar-refractivity contribution in [1.29, 1.82) is 0 Å². The monoisotopic (exact) mass is 99.1 g/mol. The van der Waals surface area contributed by atoms with Gasteiger partial charge in [0.25, 0.3) is 0 Å². The average Bonchev–Trinajstić information content (AvgIpc) is 1.68. The molecule has 0 aromatic carbocycles. The van der Waals surface area contributed by atoms with Crippen LogP contribution in [0.2, 0.25) is 0 Å². The first-order valence-corrected chi connectivity index (χ1v) is 1.96. The third-order valence-electron chi connectivity index (χ3n) is 0.535. The Morgan fingerprint density at radius 1 is 1.86 bits per heavy atom. The number of allylic oxidation sites excluding steroid dienone is 1. The molecule has 7 heavy (non-hydrogen) atoms. The lowest BCUT2D eigenvalue weighted by Gasteiger charge is -1.91. The van der Waals surface area contributed by atoms with E-state index < -0.39 is 0 Å². The molecule has 40 valence electrons. The minimum absolute atomic E-state index is 0.586. The third kappa shape index (κ3) is 3.03. The van der Waals surface area contributed by atoms with Crippen molar-refractivity contribution >= 4 is 6.21 Å². The van der Waals surface area contributed by atoms with Crippen LogP contribution >= 0.6 is 0 Å². The fraction of sp³-hybridized carbons (Fsp3) is 0.400. The first-order valence-electron chi connectivity index (χ1n) is 1.96. The molecule has 0 heterocycles. The van der Waals surface area contributed by atoms with Gasteiger partial charge < -0.3 is 4.74 Å². The molecule has 0 spiro atoms. The minimum Gasteiger partial charge on any atom is -0.496 e. The van der Waals surface area contributed by atoms with Crippen molar-refractivity contribution in [1.82, 2.24) is 0 Å². The van der Waals surface area contributed by atoms with Gasteiger partial charge in [-0.2, -0.15) is 0 Å². The Bertz CT molecular complexity index is 86.1. The molecule has 2 heteroatoms. The van der Waals surface area contributed by atoms with Crippen LogP contribution in [0.25, 0.3) is 0 Å². The summed E-state index contributed by atoms with van der Waals surface area (Å²) in [5.41, 5.74) is 0. The van der Waals surface area contributed by atoms with Gasteiger partial charge in [0.05, 0.1) is 13.3 Å². The van der Waals surface area contributed by atoms with Crippen molar-refractivity contribution in [3.05, 3.63) is 12.3 Å². The van der Waals surface area contributed by atoms with Crippen molar-refractivity contribution in [3.63, 3.8) is 0 Å². The second-order valence-electron chi connectivity index (χ2n) is 1.06. The molecule has 0 amide bonds. The molecule has 0 atom stereocenters. The topological polar surface area (TPSA) is 21.6 Å². The molecule has 0 fully saturated rings. The molecule has 0 rings (SSSR count). The highest BCUT2D eigenvalue weighted by atomic mass is 16.5. The molecule has 0 unspecified atom stereocenters. The molecule has 0 saturated carbocycles. The van der Waals surface area contributed by atoms with Crippen molar-refractivity contribution in [2.45, 2.75) is 0 Å². The summed E-state index contributed by atoms with van der Waals surface area (Å²) >= 11 is 0. The van der Waals surface area contributed by atoms with E-state index in [9.17, 15) is 0 Å². The lowest BCUT2D eigenvalue weighted by molar-refractivity contribution is 0.319. The van der Waals surface area contributed by atoms with Gasteiger partial charge in [-0.15, -0.1) is 0 Å². The third-order valence-corrected chi connectivity index (χ3v) is 0.535. The number of rotatable bonds is 2. The number of nitrogens with zero attached hydrogens (tertiary/aromatic N) is 1. The van der Waals surface area contributed by atoms with Gasteiger partial charge in [-0.3, -0.25) is 4.99 Å². The first kappa shape index (κ1) is 6.21. The SMILES string of the molecule is C=C(C=NC)OC. The highest BCUT2D eigenvalue weighted by Gasteiger charge is 1.76. The molecular formula is C5H9NO. The lowest BCUT2D eigenvalue weighted by atomic mass is 10.6. The second kappa shape index (κ2) is 3.40. The standard InChI is InChI=1S/C5H9NO/c1-5(7-3)4-6-2/h4H,1H2,2-3H3. The van der Waals surface area contributed by atoms with Gasteiger partial charge in [0.1, 0.15) is 5.76 Å². The van der Waals surface area contributed by atoms with Gasteiger partial charge in [-0.05, 0) is 0 Å². The van der Waals surface area contributed by atoms with Gasteiger partial charge in [0, 0.05) is 7.05 Å². The van der Waals surface area contributed by atoms with Gasteiger partial charge >= 0.3 is 0 Å². The molecule has 0 saturated heterocycles. The molecule has 0 aliphatic carbocycles. The van der Waals surface area contributed by atoms with Crippen LogP contribution in [-0.2, 0) is 4.74 Å². The Hall–Kier alpha value is -0.790. The van der Waals surface area contributed by atoms with Crippen LogP contribution in [0.4, 0.5) is 0 Å². The maximum absolute atomic E-state index is 4.65. The quantitative estimate of drug-likeness (QED) is 0.371. The number of aliphatic imine (C=N–C) groups is 1. The van der Waals surface area contributed by atoms with Gasteiger partial charge in [-0.25, -0.2) is 0 Å². The summed E-state index contributed by atoms with van der Waals surface area (Å²) < 4.78 is 4.65. The van der Waals surface area contributed by atoms with E-state index in [0.29, 0.717) is 5.76 Å². The van der Waals surface area contributed by atoms with Gasteiger partial charge in [0.15, 0.2) is 0 Å². The first-order chi connectivity index (χ1) is 3.31. The Labute approximate surface area is 43.5 Å². The molecule has 0 N–H and O–H groups in total. The van der Waals surface area contributed by atoms with Crippen LogP contribution in [0.3, 0.4) is 0 Å². The van der Waals surface area contributed by atoms with Crippen LogP contribution in [0.15, 0.2) is 17.3 Å². The zero-order chi connectivity index (χ0) is 5.70.